The quantitative estimate of drug-likeness (QED) is 0.781. The molecule has 0 aromatic heterocycles. The Kier molecular flexibility index (Phi) is 4.79. The molecule has 88 valence electrons. The summed E-state index contributed by atoms with van der Waals surface area (Å²) in [6.07, 6.45) is 6.14. The lowest BCUT2D eigenvalue weighted by Crippen LogP contribution is -2.46. The van der Waals surface area contributed by atoms with E-state index in [0.717, 1.165) is 19.1 Å². The first-order chi connectivity index (χ1) is 7.40. The molecular formula is C12H23NOS. The molecule has 1 heterocycles. The topological polar surface area (TPSA) is 21.3 Å². The average Bonchev–Trinajstić information content (AvgIpc) is 2.23. The van der Waals surface area contributed by atoms with E-state index in [1.165, 1.54) is 37.2 Å². The first kappa shape index (κ1) is 11.7. The van der Waals surface area contributed by atoms with Crippen LogP contribution in [0.1, 0.15) is 32.6 Å². The Balaban J connectivity index is 1.79. The van der Waals surface area contributed by atoms with Gasteiger partial charge in [-0.15, -0.1) is 0 Å². The highest BCUT2D eigenvalue weighted by Crippen LogP contribution is 2.32. The van der Waals surface area contributed by atoms with Crippen LogP contribution in [0.15, 0.2) is 0 Å². The van der Waals surface area contributed by atoms with Crippen molar-refractivity contribution in [3.05, 3.63) is 0 Å². The molecule has 15 heavy (non-hydrogen) atoms. The van der Waals surface area contributed by atoms with E-state index in [4.69, 9.17) is 4.74 Å². The molecule has 3 heteroatoms. The van der Waals surface area contributed by atoms with Gasteiger partial charge in [0.2, 0.25) is 0 Å². The van der Waals surface area contributed by atoms with Gasteiger partial charge in [-0.1, -0.05) is 26.2 Å². The highest BCUT2D eigenvalue weighted by molar-refractivity contribution is 7.99. The van der Waals surface area contributed by atoms with Crippen LogP contribution in [0.25, 0.3) is 0 Å². The van der Waals surface area contributed by atoms with E-state index in [9.17, 15) is 0 Å². The van der Waals surface area contributed by atoms with Crippen LogP contribution >= 0.6 is 11.8 Å². The predicted molar refractivity (Wildman–Crippen MR) is 66.5 cm³/mol. The zero-order chi connectivity index (χ0) is 10.5. The first-order valence-electron chi connectivity index (χ1n) is 6.33. The SMILES string of the molecule is CCNC(CC1CCC1)C1CSCCO1. The molecule has 0 aromatic carbocycles. The third-order valence-corrected chi connectivity index (χ3v) is 4.59. The molecule has 2 unspecified atom stereocenters. The maximum atomic E-state index is 5.88. The van der Waals surface area contributed by atoms with Crippen molar-refractivity contribution < 1.29 is 4.74 Å². The maximum absolute atomic E-state index is 5.88. The number of hydrogen-bond donors (Lipinski definition) is 1. The van der Waals surface area contributed by atoms with Gasteiger partial charge in [-0.3, -0.25) is 0 Å². The molecular weight excluding hydrogens is 206 g/mol. The molecule has 2 nitrogen and oxygen atoms in total. The van der Waals surface area contributed by atoms with Gasteiger partial charge in [0.25, 0.3) is 0 Å². The fraction of sp³-hybridized carbons (Fsp3) is 1.00. The largest absolute Gasteiger partial charge is 0.375 e. The number of likely N-dealkylation sites (N-methyl/N-ethyl adjacent to an activating group) is 1. The van der Waals surface area contributed by atoms with Crippen molar-refractivity contribution in [2.75, 3.05) is 24.7 Å². The molecule has 2 rings (SSSR count). The van der Waals surface area contributed by atoms with Crippen LogP contribution in [0.3, 0.4) is 0 Å². The Bertz CT molecular complexity index is 178. The third-order valence-electron chi connectivity index (χ3n) is 3.57. The van der Waals surface area contributed by atoms with Crippen LogP contribution < -0.4 is 5.32 Å². The van der Waals surface area contributed by atoms with E-state index in [-0.39, 0.29) is 0 Å². The summed E-state index contributed by atoms with van der Waals surface area (Å²) < 4.78 is 5.88. The number of hydrogen-bond acceptors (Lipinski definition) is 3. The van der Waals surface area contributed by atoms with E-state index in [1.807, 2.05) is 11.8 Å². The minimum absolute atomic E-state index is 0.462. The highest BCUT2D eigenvalue weighted by Gasteiger charge is 2.28. The van der Waals surface area contributed by atoms with Gasteiger partial charge in [-0.2, -0.15) is 11.8 Å². The molecule has 0 bridgehead atoms. The number of nitrogens with one attached hydrogen (secondary N) is 1. The third kappa shape index (κ3) is 3.36. The van der Waals surface area contributed by atoms with Crippen LogP contribution in [-0.2, 0) is 4.74 Å². The minimum atomic E-state index is 0.462. The van der Waals surface area contributed by atoms with Crippen molar-refractivity contribution >= 4 is 11.8 Å². The standard InChI is InChI=1S/C12H23NOS/c1-2-13-11(8-10-4-3-5-10)12-9-15-7-6-14-12/h10-13H,2-9H2,1H3. The van der Waals surface area contributed by atoms with Crippen molar-refractivity contribution in [2.45, 2.75) is 44.8 Å². The lowest BCUT2D eigenvalue weighted by Gasteiger charge is -2.35. The fourth-order valence-electron chi connectivity index (χ4n) is 2.45. The second-order valence-electron chi connectivity index (χ2n) is 4.68. The van der Waals surface area contributed by atoms with Gasteiger partial charge in [0, 0.05) is 17.5 Å². The molecule has 0 spiro atoms. The van der Waals surface area contributed by atoms with Gasteiger partial charge in [0.05, 0.1) is 12.7 Å². The molecule has 2 fully saturated rings. The van der Waals surface area contributed by atoms with E-state index >= 15 is 0 Å². The molecule has 0 amide bonds. The van der Waals surface area contributed by atoms with Crippen molar-refractivity contribution in [1.29, 1.82) is 0 Å². The second-order valence-corrected chi connectivity index (χ2v) is 5.83. The Hall–Kier alpha value is 0.270. The van der Waals surface area contributed by atoms with Gasteiger partial charge in [-0.05, 0) is 18.9 Å². The summed E-state index contributed by atoms with van der Waals surface area (Å²) in [6, 6.07) is 0.605. The smallest absolute Gasteiger partial charge is 0.0818 e. The maximum Gasteiger partial charge on any atom is 0.0818 e. The zero-order valence-electron chi connectivity index (χ0n) is 9.71. The summed E-state index contributed by atoms with van der Waals surface area (Å²) in [5, 5.41) is 3.61. The predicted octanol–water partition coefficient (Wildman–Crippen LogP) is 2.29. The van der Waals surface area contributed by atoms with Crippen molar-refractivity contribution in [3.63, 3.8) is 0 Å². The van der Waals surface area contributed by atoms with Gasteiger partial charge < -0.3 is 10.1 Å². The molecule has 1 saturated heterocycles. The summed E-state index contributed by atoms with van der Waals surface area (Å²) in [4.78, 5) is 0. The summed E-state index contributed by atoms with van der Waals surface area (Å²) in [7, 11) is 0. The molecule has 1 N–H and O–H groups in total. The van der Waals surface area contributed by atoms with Crippen LogP contribution in [0, 0.1) is 5.92 Å². The van der Waals surface area contributed by atoms with Gasteiger partial charge in [-0.25, -0.2) is 0 Å². The molecule has 0 aromatic rings. The Morgan fingerprint density at radius 1 is 1.47 bits per heavy atom. The van der Waals surface area contributed by atoms with Gasteiger partial charge in [0.15, 0.2) is 0 Å². The van der Waals surface area contributed by atoms with Gasteiger partial charge in [0.1, 0.15) is 0 Å². The summed E-state index contributed by atoms with van der Waals surface area (Å²) in [6.45, 7) is 4.22. The molecule has 2 atom stereocenters. The Morgan fingerprint density at radius 3 is 2.87 bits per heavy atom. The number of ether oxygens (including phenoxy) is 1. The second kappa shape index (κ2) is 6.12. The Labute approximate surface area is 97.5 Å². The summed E-state index contributed by atoms with van der Waals surface area (Å²) in [5.74, 6) is 3.34. The van der Waals surface area contributed by atoms with E-state index in [0.29, 0.717) is 12.1 Å². The highest BCUT2D eigenvalue weighted by atomic mass is 32.2. The molecule has 0 radical (unpaired) electrons. The van der Waals surface area contributed by atoms with Crippen molar-refractivity contribution in [2.24, 2.45) is 5.92 Å². The first-order valence-corrected chi connectivity index (χ1v) is 7.48. The minimum Gasteiger partial charge on any atom is -0.375 e. The molecule has 2 aliphatic rings. The fourth-order valence-corrected chi connectivity index (χ4v) is 3.40. The normalized spacial score (nSPS) is 29.8. The van der Waals surface area contributed by atoms with Gasteiger partial charge >= 0.3 is 0 Å². The van der Waals surface area contributed by atoms with E-state index in [2.05, 4.69) is 12.2 Å². The van der Waals surface area contributed by atoms with Crippen LogP contribution in [0.4, 0.5) is 0 Å². The molecule has 1 aliphatic carbocycles. The van der Waals surface area contributed by atoms with Crippen LogP contribution in [0.5, 0.6) is 0 Å². The number of rotatable bonds is 5. The lowest BCUT2D eigenvalue weighted by atomic mass is 9.80. The number of thioether (sulfide) groups is 1. The molecule has 1 aliphatic heterocycles. The van der Waals surface area contributed by atoms with E-state index in [1.54, 1.807) is 0 Å². The van der Waals surface area contributed by atoms with Crippen LogP contribution in [0.2, 0.25) is 0 Å². The lowest BCUT2D eigenvalue weighted by molar-refractivity contribution is 0.0362. The summed E-state index contributed by atoms with van der Waals surface area (Å²) in [5.41, 5.74) is 0. The van der Waals surface area contributed by atoms with E-state index < -0.39 is 0 Å². The Morgan fingerprint density at radius 2 is 2.33 bits per heavy atom. The van der Waals surface area contributed by atoms with Crippen LogP contribution in [-0.4, -0.2) is 36.8 Å². The van der Waals surface area contributed by atoms with Crippen molar-refractivity contribution in [3.8, 4) is 0 Å². The zero-order valence-corrected chi connectivity index (χ0v) is 10.5. The summed E-state index contributed by atoms with van der Waals surface area (Å²) >= 11 is 2.04. The van der Waals surface area contributed by atoms with Crippen molar-refractivity contribution in [1.82, 2.24) is 5.32 Å². The molecule has 1 saturated carbocycles. The monoisotopic (exact) mass is 229 g/mol. The average molecular weight is 229 g/mol.